The van der Waals surface area contributed by atoms with Crippen molar-refractivity contribution < 1.29 is 18.0 Å². The second-order valence-electron chi connectivity index (χ2n) is 6.32. The molecule has 0 aliphatic heterocycles. The molecule has 12 heteroatoms. The topological polar surface area (TPSA) is 91.8 Å². The van der Waals surface area contributed by atoms with E-state index >= 15 is 0 Å². The fourth-order valence-corrected chi connectivity index (χ4v) is 4.35. The summed E-state index contributed by atoms with van der Waals surface area (Å²) in [5, 5.41) is 10.5. The summed E-state index contributed by atoms with van der Waals surface area (Å²) in [6, 6.07) is 5.68. The Morgan fingerprint density at radius 3 is 2.81 bits per heavy atom. The van der Waals surface area contributed by atoms with E-state index in [4.69, 9.17) is 0 Å². The summed E-state index contributed by atoms with van der Waals surface area (Å²) in [5.74, 6) is 0.767. The van der Waals surface area contributed by atoms with E-state index in [1.54, 1.807) is 17.5 Å². The number of carbonyl (C=O) groups is 1. The lowest BCUT2D eigenvalue weighted by Gasteiger charge is -2.09. The third-order valence-corrected chi connectivity index (χ3v) is 6.01. The number of anilines is 3. The number of amides is 2. The van der Waals surface area contributed by atoms with Gasteiger partial charge in [-0.3, -0.25) is 5.32 Å². The van der Waals surface area contributed by atoms with Crippen molar-refractivity contribution in [1.82, 2.24) is 15.0 Å². The Morgan fingerprint density at radius 2 is 1.97 bits per heavy atom. The lowest BCUT2D eigenvalue weighted by atomic mass is 10.2. The summed E-state index contributed by atoms with van der Waals surface area (Å²) < 4.78 is 39.3. The molecule has 0 saturated heterocycles. The summed E-state index contributed by atoms with van der Waals surface area (Å²) in [4.78, 5) is 25.6. The average Bonchev–Trinajstić information content (AvgIpc) is 3.37. The molecule has 1 aromatic carbocycles. The minimum absolute atomic E-state index is 0.0399. The predicted octanol–water partition coefficient (Wildman–Crippen LogP) is 5.47. The van der Waals surface area contributed by atoms with Crippen LogP contribution in [0.2, 0.25) is 0 Å². The van der Waals surface area contributed by atoms with Crippen molar-refractivity contribution in [2.24, 2.45) is 0 Å². The van der Waals surface area contributed by atoms with Gasteiger partial charge in [0, 0.05) is 29.7 Å². The zero-order valence-corrected chi connectivity index (χ0v) is 17.4. The largest absolute Gasteiger partial charge is 0.416 e. The number of rotatable bonds is 6. The van der Waals surface area contributed by atoms with Gasteiger partial charge in [-0.15, -0.1) is 22.7 Å². The second-order valence-corrected chi connectivity index (χ2v) is 8.35. The fourth-order valence-electron chi connectivity index (χ4n) is 2.73. The Kier molecular flexibility index (Phi) is 6.00. The molecular weight excluding hydrogens is 449 g/mol. The third kappa shape index (κ3) is 5.27. The monoisotopic (exact) mass is 464 g/mol. The van der Waals surface area contributed by atoms with Gasteiger partial charge in [-0.05, 0) is 29.6 Å². The van der Waals surface area contributed by atoms with Gasteiger partial charge in [0.05, 0.1) is 15.8 Å². The Labute approximate surface area is 182 Å². The van der Waals surface area contributed by atoms with E-state index in [0.29, 0.717) is 18.1 Å². The Hall–Kier alpha value is -3.25. The molecule has 31 heavy (non-hydrogen) atoms. The number of urea groups is 1. The normalized spacial score (nSPS) is 11.5. The minimum atomic E-state index is -4.48. The van der Waals surface area contributed by atoms with Crippen LogP contribution < -0.4 is 16.0 Å². The van der Waals surface area contributed by atoms with Gasteiger partial charge in [0.25, 0.3) is 0 Å². The number of thiazole rings is 1. The Balaban J connectivity index is 1.30. The number of halogens is 3. The van der Waals surface area contributed by atoms with Crippen LogP contribution in [0.15, 0.2) is 48.2 Å². The van der Waals surface area contributed by atoms with Crippen LogP contribution in [-0.4, -0.2) is 27.5 Å². The minimum Gasteiger partial charge on any atom is -0.368 e. The molecule has 3 aromatic heterocycles. The molecule has 0 atom stereocenters. The van der Waals surface area contributed by atoms with Gasteiger partial charge in [0.2, 0.25) is 0 Å². The van der Waals surface area contributed by atoms with Crippen molar-refractivity contribution >= 4 is 55.6 Å². The van der Waals surface area contributed by atoms with Crippen LogP contribution in [0, 0.1) is 0 Å². The highest BCUT2D eigenvalue weighted by molar-refractivity contribution is 7.17. The number of alkyl halides is 3. The van der Waals surface area contributed by atoms with Gasteiger partial charge in [-0.2, -0.15) is 13.2 Å². The zero-order valence-electron chi connectivity index (χ0n) is 15.7. The highest BCUT2D eigenvalue weighted by Gasteiger charge is 2.30. The van der Waals surface area contributed by atoms with Gasteiger partial charge >= 0.3 is 12.2 Å². The average molecular weight is 464 g/mol. The van der Waals surface area contributed by atoms with E-state index in [1.807, 2.05) is 11.4 Å². The van der Waals surface area contributed by atoms with Gasteiger partial charge in [0.1, 0.15) is 12.1 Å². The molecule has 4 aromatic rings. The summed E-state index contributed by atoms with van der Waals surface area (Å²) in [6.07, 6.45) is -0.666. The molecule has 0 aliphatic carbocycles. The number of hydrogen-bond donors (Lipinski definition) is 3. The van der Waals surface area contributed by atoms with Crippen LogP contribution in [0.5, 0.6) is 0 Å². The molecule has 4 rings (SSSR count). The molecule has 0 unspecified atom stereocenters. The van der Waals surface area contributed by atoms with Gasteiger partial charge < -0.3 is 10.6 Å². The van der Waals surface area contributed by atoms with Crippen molar-refractivity contribution in [3.63, 3.8) is 0 Å². The van der Waals surface area contributed by atoms with Crippen molar-refractivity contribution in [3.05, 3.63) is 58.7 Å². The fraction of sp³-hybridized carbons (Fsp3) is 0.158. The van der Waals surface area contributed by atoms with Gasteiger partial charge in [0.15, 0.2) is 5.13 Å². The lowest BCUT2D eigenvalue weighted by Crippen LogP contribution is -2.19. The molecule has 0 fully saturated rings. The summed E-state index contributed by atoms with van der Waals surface area (Å²) in [7, 11) is 0. The summed E-state index contributed by atoms with van der Waals surface area (Å²) in [6.45, 7) is 0.613. The maximum atomic E-state index is 12.8. The highest BCUT2D eigenvalue weighted by Crippen LogP contribution is 2.31. The first-order valence-corrected chi connectivity index (χ1v) is 10.7. The molecule has 160 valence electrons. The van der Waals surface area contributed by atoms with Crippen LogP contribution in [0.3, 0.4) is 0 Å². The Morgan fingerprint density at radius 1 is 1.10 bits per heavy atom. The van der Waals surface area contributed by atoms with E-state index in [0.717, 1.165) is 33.0 Å². The number of nitrogens with zero attached hydrogens (tertiary/aromatic N) is 3. The molecule has 0 bridgehead atoms. The third-order valence-electron chi connectivity index (χ3n) is 4.13. The van der Waals surface area contributed by atoms with E-state index in [-0.39, 0.29) is 5.69 Å². The number of carbonyl (C=O) groups excluding carboxylic acids is 1. The molecule has 7 nitrogen and oxygen atoms in total. The van der Waals surface area contributed by atoms with Crippen molar-refractivity contribution in [2.75, 3.05) is 22.5 Å². The molecule has 3 heterocycles. The second kappa shape index (κ2) is 8.86. The van der Waals surface area contributed by atoms with Crippen LogP contribution >= 0.6 is 22.7 Å². The summed E-state index contributed by atoms with van der Waals surface area (Å²) in [5.41, 5.74) is 0.0921. The van der Waals surface area contributed by atoms with Crippen LogP contribution in [-0.2, 0) is 12.6 Å². The summed E-state index contributed by atoms with van der Waals surface area (Å²) >= 11 is 2.85. The Bertz CT molecular complexity index is 1210. The number of benzene rings is 1. The van der Waals surface area contributed by atoms with E-state index in [1.165, 1.54) is 29.8 Å². The zero-order chi connectivity index (χ0) is 21.8. The quantitative estimate of drug-likeness (QED) is 0.352. The van der Waals surface area contributed by atoms with Gasteiger partial charge in [-0.25, -0.2) is 19.7 Å². The number of thiophene rings is 1. The highest BCUT2D eigenvalue weighted by atomic mass is 32.1. The standard InChI is InChI=1S/C19H15F3N6OS2/c20-19(21,22)11-2-1-3-12(8-11)27-17(29)28-18-24-9-13(31-18)4-6-23-16-15-14(5-7-30-15)25-10-26-16/h1-3,5,7-10H,4,6H2,(H,23,25,26)(H2,24,27,28,29). The predicted molar refractivity (Wildman–Crippen MR) is 116 cm³/mol. The van der Waals surface area contributed by atoms with Crippen molar-refractivity contribution in [2.45, 2.75) is 12.6 Å². The smallest absolute Gasteiger partial charge is 0.368 e. The number of hydrogen-bond acceptors (Lipinski definition) is 7. The molecule has 0 saturated carbocycles. The number of aromatic nitrogens is 3. The molecule has 0 radical (unpaired) electrons. The first kappa shape index (κ1) is 21.0. The lowest BCUT2D eigenvalue weighted by molar-refractivity contribution is -0.137. The first-order chi connectivity index (χ1) is 14.9. The SMILES string of the molecule is O=C(Nc1cccc(C(F)(F)F)c1)Nc1ncc(CCNc2ncnc3ccsc23)s1. The van der Waals surface area contributed by atoms with Crippen LogP contribution in [0.25, 0.3) is 10.2 Å². The van der Waals surface area contributed by atoms with Crippen molar-refractivity contribution in [3.8, 4) is 0 Å². The van der Waals surface area contributed by atoms with E-state index in [2.05, 4.69) is 30.9 Å². The molecule has 0 spiro atoms. The molecular formula is C19H15F3N6OS2. The van der Waals surface area contributed by atoms with Crippen LogP contribution in [0.4, 0.5) is 34.6 Å². The van der Waals surface area contributed by atoms with Gasteiger partial charge in [-0.1, -0.05) is 6.07 Å². The van der Waals surface area contributed by atoms with Crippen molar-refractivity contribution in [1.29, 1.82) is 0 Å². The maximum absolute atomic E-state index is 12.8. The molecule has 2 amide bonds. The molecule has 0 aliphatic rings. The van der Waals surface area contributed by atoms with E-state index in [9.17, 15) is 18.0 Å². The van der Waals surface area contributed by atoms with Crippen LogP contribution in [0.1, 0.15) is 10.4 Å². The first-order valence-electron chi connectivity index (χ1n) is 9.00. The number of fused-ring (bicyclic) bond motifs is 1. The molecule has 3 N–H and O–H groups in total. The maximum Gasteiger partial charge on any atom is 0.416 e. The van der Waals surface area contributed by atoms with E-state index < -0.39 is 17.8 Å². The number of nitrogens with one attached hydrogen (secondary N) is 3.